The molecule has 0 spiro atoms. The van der Waals surface area contributed by atoms with Crippen LogP contribution in [0.25, 0.3) is 10.9 Å². The standard InChI is InChI=1S/C23H32N3OP/c1-25-21-4-2-3-19(17-5-6-17)23(21)20(24-25)7-8-22(27)26-10-9-15-11-16(14-28)13-18(26)12-15/h2-4,15-18H,5-14,28H2,1H3. The minimum atomic E-state index is 0.343. The second-order valence-corrected chi connectivity index (χ2v) is 9.76. The number of piperidine rings is 1. The van der Waals surface area contributed by atoms with E-state index in [0.29, 0.717) is 24.3 Å². The fraction of sp³-hybridized carbons (Fsp3) is 0.652. The normalized spacial score (nSPS) is 27.4. The lowest BCUT2D eigenvalue weighted by molar-refractivity contribution is -0.137. The van der Waals surface area contributed by atoms with Gasteiger partial charge in [0, 0.05) is 37.9 Å². The van der Waals surface area contributed by atoms with Crippen LogP contribution in [0, 0.1) is 11.8 Å². The van der Waals surface area contributed by atoms with E-state index in [9.17, 15) is 4.79 Å². The van der Waals surface area contributed by atoms with Crippen molar-refractivity contribution >= 4 is 26.0 Å². The SMILES string of the molecule is Cn1nc(CCC(=O)N2CCC3CC(CP)CC2C3)c2c(C3CC3)cccc21. The fourth-order valence-corrected chi connectivity index (χ4v) is 6.13. The van der Waals surface area contributed by atoms with Gasteiger partial charge in [0.05, 0.1) is 11.2 Å². The topological polar surface area (TPSA) is 38.1 Å². The lowest BCUT2D eigenvalue weighted by atomic mass is 9.74. The third kappa shape index (κ3) is 3.38. The van der Waals surface area contributed by atoms with Gasteiger partial charge in [-0.05, 0) is 74.1 Å². The average Bonchev–Trinajstić information content (AvgIpc) is 3.50. The van der Waals surface area contributed by atoms with Crippen molar-refractivity contribution in [3.63, 3.8) is 0 Å². The molecule has 150 valence electrons. The Morgan fingerprint density at radius 1 is 1.21 bits per heavy atom. The number of amides is 1. The molecular weight excluding hydrogens is 365 g/mol. The van der Waals surface area contributed by atoms with Crippen LogP contribution in [-0.2, 0) is 18.3 Å². The summed E-state index contributed by atoms with van der Waals surface area (Å²) in [6, 6.07) is 7.06. The zero-order valence-electron chi connectivity index (χ0n) is 16.9. The van der Waals surface area contributed by atoms with Crippen molar-refractivity contribution in [1.82, 2.24) is 14.7 Å². The summed E-state index contributed by atoms with van der Waals surface area (Å²) in [5.41, 5.74) is 3.78. The molecule has 3 aliphatic rings. The lowest BCUT2D eigenvalue weighted by Gasteiger charge is -2.46. The highest BCUT2D eigenvalue weighted by atomic mass is 31.0. The van der Waals surface area contributed by atoms with Crippen LogP contribution in [0.5, 0.6) is 0 Å². The van der Waals surface area contributed by atoms with Gasteiger partial charge in [-0.3, -0.25) is 9.48 Å². The van der Waals surface area contributed by atoms with E-state index in [1.165, 1.54) is 61.2 Å². The summed E-state index contributed by atoms with van der Waals surface area (Å²) in [5.74, 6) is 2.67. The summed E-state index contributed by atoms with van der Waals surface area (Å²) in [5, 5.41) is 6.13. The molecule has 2 heterocycles. The molecule has 5 heteroatoms. The maximum atomic E-state index is 13.1. The van der Waals surface area contributed by atoms with Crippen molar-refractivity contribution in [2.75, 3.05) is 12.7 Å². The van der Waals surface area contributed by atoms with E-state index in [4.69, 9.17) is 5.10 Å². The van der Waals surface area contributed by atoms with E-state index in [1.807, 2.05) is 11.7 Å². The van der Waals surface area contributed by atoms with Crippen molar-refractivity contribution in [3.8, 4) is 0 Å². The molecule has 0 radical (unpaired) electrons. The summed E-state index contributed by atoms with van der Waals surface area (Å²) in [6.45, 7) is 0.966. The Morgan fingerprint density at radius 3 is 2.86 bits per heavy atom. The Balaban J connectivity index is 1.32. The molecule has 0 N–H and O–H groups in total. The van der Waals surface area contributed by atoms with Crippen LogP contribution in [-0.4, -0.2) is 39.3 Å². The Bertz CT molecular complexity index is 887. The molecule has 4 unspecified atom stereocenters. The molecule has 1 aromatic carbocycles. The third-order valence-corrected chi connectivity index (χ3v) is 7.99. The number of likely N-dealkylation sites (tertiary alicyclic amines) is 1. The van der Waals surface area contributed by atoms with Gasteiger partial charge in [0.1, 0.15) is 0 Å². The maximum absolute atomic E-state index is 13.1. The first-order valence-electron chi connectivity index (χ1n) is 11.1. The van der Waals surface area contributed by atoms with Gasteiger partial charge in [-0.2, -0.15) is 5.10 Å². The van der Waals surface area contributed by atoms with Gasteiger partial charge >= 0.3 is 0 Å². The van der Waals surface area contributed by atoms with Gasteiger partial charge in [0.15, 0.2) is 0 Å². The van der Waals surface area contributed by atoms with Crippen LogP contribution in [0.3, 0.4) is 0 Å². The highest BCUT2D eigenvalue weighted by Crippen LogP contribution is 2.44. The summed E-state index contributed by atoms with van der Waals surface area (Å²) in [4.78, 5) is 15.3. The molecule has 2 aliphatic carbocycles. The molecule has 1 amide bonds. The molecule has 4 atom stereocenters. The minimum absolute atomic E-state index is 0.343. The Labute approximate surface area is 170 Å². The van der Waals surface area contributed by atoms with Crippen LogP contribution in [0.2, 0.25) is 0 Å². The number of carbonyl (C=O) groups is 1. The minimum Gasteiger partial charge on any atom is -0.340 e. The number of hydrogen-bond acceptors (Lipinski definition) is 2. The van der Waals surface area contributed by atoms with Gasteiger partial charge in [-0.1, -0.05) is 12.1 Å². The predicted octanol–water partition coefficient (Wildman–Crippen LogP) is 4.28. The number of aromatic nitrogens is 2. The number of carbonyl (C=O) groups excluding carboxylic acids is 1. The van der Waals surface area contributed by atoms with Crippen LogP contribution in [0.4, 0.5) is 0 Å². The lowest BCUT2D eigenvalue weighted by Crippen LogP contribution is -2.50. The highest BCUT2D eigenvalue weighted by molar-refractivity contribution is 7.16. The smallest absolute Gasteiger partial charge is 0.223 e. The predicted molar refractivity (Wildman–Crippen MR) is 117 cm³/mol. The number of hydrogen-bond donors (Lipinski definition) is 0. The first kappa shape index (κ1) is 18.6. The third-order valence-electron chi connectivity index (χ3n) is 7.33. The largest absolute Gasteiger partial charge is 0.340 e. The zero-order chi connectivity index (χ0) is 19.3. The van der Waals surface area contributed by atoms with Crippen molar-refractivity contribution < 1.29 is 4.79 Å². The van der Waals surface area contributed by atoms with Gasteiger partial charge in [0.2, 0.25) is 5.91 Å². The molecule has 1 aliphatic heterocycles. The average molecular weight is 398 g/mol. The van der Waals surface area contributed by atoms with E-state index < -0.39 is 0 Å². The number of aryl methyl sites for hydroxylation is 2. The van der Waals surface area contributed by atoms with Crippen LogP contribution in [0.1, 0.15) is 62.1 Å². The highest BCUT2D eigenvalue weighted by Gasteiger charge is 2.37. The second-order valence-electron chi connectivity index (χ2n) is 9.29. The molecule has 2 aromatic rings. The number of fused-ring (bicyclic) bond motifs is 3. The summed E-state index contributed by atoms with van der Waals surface area (Å²) >= 11 is 0. The zero-order valence-corrected chi connectivity index (χ0v) is 18.1. The van der Waals surface area contributed by atoms with E-state index in [0.717, 1.165) is 30.5 Å². The maximum Gasteiger partial charge on any atom is 0.223 e. The van der Waals surface area contributed by atoms with E-state index in [-0.39, 0.29) is 0 Å². The first-order valence-corrected chi connectivity index (χ1v) is 11.9. The summed E-state index contributed by atoms with van der Waals surface area (Å²) < 4.78 is 2.00. The number of rotatable bonds is 5. The Hall–Kier alpha value is -1.41. The van der Waals surface area contributed by atoms with Crippen molar-refractivity contribution in [2.24, 2.45) is 18.9 Å². The molecular formula is C23H32N3OP. The monoisotopic (exact) mass is 397 g/mol. The number of benzene rings is 1. The van der Waals surface area contributed by atoms with Crippen LogP contribution < -0.4 is 0 Å². The molecule has 1 aromatic heterocycles. The quantitative estimate of drug-likeness (QED) is 0.707. The van der Waals surface area contributed by atoms with Gasteiger partial charge in [-0.25, -0.2) is 0 Å². The Kier molecular flexibility index (Phi) is 4.95. The first-order chi connectivity index (χ1) is 13.6. The molecule has 3 fully saturated rings. The van der Waals surface area contributed by atoms with Crippen molar-refractivity contribution in [3.05, 3.63) is 29.5 Å². The molecule has 1 saturated heterocycles. The van der Waals surface area contributed by atoms with Crippen molar-refractivity contribution in [2.45, 2.75) is 63.3 Å². The van der Waals surface area contributed by atoms with E-state index in [2.05, 4.69) is 32.3 Å². The molecule has 4 nitrogen and oxygen atoms in total. The molecule has 28 heavy (non-hydrogen) atoms. The summed E-state index contributed by atoms with van der Waals surface area (Å²) in [7, 11) is 4.94. The number of nitrogens with zero attached hydrogens (tertiary/aromatic N) is 3. The van der Waals surface area contributed by atoms with Gasteiger partial charge < -0.3 is 4.90 Å². The van der Waals surface area contributed by atoms with E-state index >= 15 is 0 Å². The fourth-order valence-electron chi connectivity index (χ4n) is 5.75. The van der Waals surface area contributed by atoms with E-state index in [1.54, 1.807) is 0 Å². The van der Waals surface area contributed by atoms with Crippen molar-refractivity contribution in [1.29, 1.82) is 0 Å². The van der Waals surface area contributed by atoms with Crippen LogP contribution in [0.15, 0.2) is 18.2 Å². The Morgan fingerprint density at radius 2 is 2.07 bits per heavy atom. The van der Waals surface area contributed by atoms with Gasteiger partial charge in [-0.15, -0.1) is 9.24 Å². The molecule has 2 saturated carbocycles. The summed E-state index contributed by atoms with van der Waals surface area (Å²) in [6.07, 6.45) is 10.1. The van der Waals surface area contributed by atoms with Crippen LogP contribution >= 0.6 is 9.24 Å². The van der Waals surface area contributed by atoms with Gasteiger partial charge in [0.25, 0.3) is 0 Å². The second kappa shape index (κ2) is 7.44. The molecule has 2 bridgehead atoms. The molecule has 5 rings (SSSR count).